The van der Waals surface area contributed by atoms with Crippen LogP contribution in [0.3, 0.4) is 0 Å². The van der Waals surface area contributed by atoms with Crippen LogP contribution in [0, 0.1) is 0 Å². The van der Waals surface area contributed by atoms with Crippen molar-refractivity contribution < 1.29 is 34.1 Å². The van der Waals surface area contributed by atoms with Crippen molar-refractivity contribution in [3.8, 4) is 0 Å². The van der Waals surface area contributed by atoms with Gasteiger partial charge in [0.2, 0.25) is 0 Å². The van der Waals surface area contributed by atoms with Gasteiger partial charge < -0.3 is 14.9 Å². The Morgan fingerprint density at radius 1 is 0.700 bits per heavy atom. The molecule has 1 heterocycles. The molecule has 0 saturated heterocycles. The highest BCUT2D eigenvalue weighted by molar-refractivity contribution is 6.22. The van der Waals surface area contributed by atoms with Crippen molar-refractivity contribution in [3.05, 3.63) is 93.0 Å². The maximum Gasteiger partial charge on any atom is 0.346 e. The van der Waals surface area contributed by atoms with Crippen LogP contribution in [0.15, 0.2) is 48.5 Å². The minimum Gasteiger partial charge on any atom is -0.481 e. The normalized spacial score (nSPS) is 28.9. The zero-order valence-electron chi connectivity index (χ0n) is 22.0. The Balaban J connectivity index is 1.56. The van der Waals surface area contributed by atoms with Gasteiger partial charge in [0.05, 0.1) is 22.5 Å². The summed E-state index contributed by atoms with van der Waals surface area (Å²) < 4.78 is 5.02. The molecule has 0 spiro atoms. The predicted molar refractivity (Wildman–Crippen MR) is 145 cm³/mol. The average molecular weight is 533 g/mol. The Labute approximate surface area is 228 Å². The van der Waals surface area contributed by atoms with E-state index < -0.39 is 46.0 Å². The van der Waals surface area contributed by atoms with E-state index in [1.807, 2.05) is 36.4 Å². The van der Waals surface area contributed by atoms with Crippen LogP contribution in [0.2, 0.25) is 0 Å². The number of cyclic esters (lactones) is 2. The van der Waals surface area contributed by atoms with Crippen molar-refractivity contribution in [1.29, 1.82) is 0 Å². The van der Waals surface area contributed by atoms with Crippen LogP contribution in [-0.4, -0.2) is 34.1 Å². The molecule has 4 unspecified atom stereocenters. The molecule has 0 fully saturated rings. The van der Waals surface area contributed by atoms with Gasteiger partial charge in [-0.1, -0.05) is 50.2 Å². The van der Waals surface area contributed by atoms with Crippen molar-refractivity contribution in [2.75, 3.05) is 0 Å². The van der Waals surface area contributed by atoms with Gasteiger partial charge in [-0.3, -0.25) is 9.59 Å². The van der Waals surface area contributed by atoms with Gasteiger partial charge in [0.1, 0.15) is 0 Å². The lowest BCUT2D eigenvalue weighted by molar-refractivity contribution is -0.145. The lowest BCUT2D eigenvalue weighted by Gasteiger charge is -2.52. The number of benzene rings is 4. The first-order valence-electron chi connectivity index (χ1n) is 13.4. The van der Waals surface area contributed by atoms with Crippen LogP contribution in [0.4, 0.5) is 0 Å². The van der Waals surface area contributed by atoms with Crippen molar-refractivity contribution >= 4 is 45.4 Å². The molecule has 3 aliphatic carbocycles. The largest absolute Gasteiger partial charge is 0.481 e. The molecule has 2 N–H and O–H groups in total. The van der Waals surface area contributed by atoms with E-state index in [4.69, 9.17) is 4.74 Å². The molecule has 7 heteroatoms. The molecule has 4 aromatic carbocycles. The predicted octanol–water partition coefficient (Wildman–Crippen LogP) is 5.55. The van der Waals surface area contributed by atoms with E-state index in [0.29, 0.717) is 27.6 Å². The summed E-state index contributed by atoms with van der Waals surface area (Å²) in [5, 5.41) is 23.7. The van der Waals surface area contributed by atoms with Crippen molar-refractivity contribution in [3.63, 3.8) is 0 Å². The number of aliphatic carboxylic acids is 2. The zero-order chi connectivity index (χ0) is 28.1. The van der Waals surface area contributed by atoms with E-state index in [2.05, 4.69) is 13.8 Å². The van der Waals surface area contributed by atoms with Gasteiger partial charge >= 0.3 is 23.9 Å². The number of rotatable bonds is 2. The van der Waals surface area contributed by atoms with Crippen molar-refractivity contribution in [2.24, 2.45) is 0 Å². The number of hydrogen-bond donors (Lipinski definition) is 2. The highest BCUT2D eigenvalue weighted by Gasteiger charge is 2.54. The number of ether oxygens (including phenoxy) is 1. The molecule has 7 nitrogen and oxygen atoms in total. The highest BCUT2D eigenvalue weighted by Crippen LogP contribution is 2.63. The van der Waals surface area contributed by atoms with E-state index in [0.717, 1.165) is 44.8 Å². The molecule has 0 aromatic heterocycles. The average Bonchev–Trinajstić information content (AvgIpc) is 2.91. The molecular weight excluding hydrogens is 508 g/mol. The second kappa shape index (κ2) is 6.78. The molecule has 40 heavy (non-hydrogen) atoms. The van der Waals surface area contributed by atoms with Crippen molar-refractivity contribution in [2.45, 2.75) is 55.8 Å². The lowest BCUT2D eigenvalue weighted by atomic mass is 9.50. The van der Waals surface area contributed by atoms with Gasteiger partial charge in [-0.05, 0) is 81.4 Å². The molecule has 0 saturated carbocycles. The molecule has 4 atom stereocenters. The van der Waals surface area contributed by atoms with E-state index >= 15 is 0 Å². The topological polar surface area (TPSA) is 118 Å². The molecule has 4 aromatic rings. The summed E-state index contributed by atoms with van der Waals surface area (Å²) in [6.45, 7) is 5.93. The Hall–Kier alpha value is -4.52. The summed E-state index contributed by atoms with van der Waals surface area (Å²) in [5.41, 5.74) is 3.52. The maximum absolute atomic E-state index is 12.7. The SMILES string of the molecule is CC1(C(=O)O)CC(C(=O)O)c2ccc3c4c(ccc1c24)C1(C)CC3(C)c2ccc3c4c(ccc1c24)C(=O)OC3=O. The summed E-state index contributed by atoms with van der Waals surface area (Å²) in [4.78, 5) is 50.6. The third-order valence-electron chi connectivity index (χ3n) is 10.4. The quantitative estimate of drug-likeness (QED) is 0.257. The Morgan fingerprint density at radius 3 is 1.70 bits per heavy atom. The summed E-state index contributed by atoms with van der Waals surface area (Å²) in [6, 6.07) is 15.1. The molecule has 1 aliphatic heterocycles. The molecule has 198 valence electrons. The van der Waals surface area contributed by atoms with Gasteiger partial charge in [-0.25, -0.2) is 9.59 Å². The van der Waals surface area contributed by atoms with Gasteiger partial charge in [-0.2, -0.15) is 0 Å². The fourth-order valence-corrected chi connectivity index (χ4v) is 8.57. The number of carboxylic acid groups (broad SMARTS) is 2. The van der Waals surface area contributed by atoms with E-state index in [1.165, 1.54) is 0 Å². The van der Waals surface area contributed by atoms with Gasteiger partial charge in [0.15, 0.2) is 0 Å². The monoisotopic (exact) mass is 532 g/mol. The van der Waals surface area contributed by atoms with Crippen LogP contribution in [0.5, 0.6) is 0 Å². The van der Waals surface area contributed by atoms with Gasteiger partial charge in [-0.15, -0.1) is 0 Å². The number of fused-ring (bicyclic) bond motifs is 6. The second-order valence-electron chi connectivity index (χ2n) is 12.4. The molecule has 4 aliphatic rings. The standard InChI is InChI=1S/C33H24O7/c1-31(30(38)39)12-17(27(34)35)14-4-7-21-26-22(11-10-18(31)24(14)26)33(3)13-32(21,2)19-8-5-15-23-16(29(37)40-28(15)36)6-9-20(33)25(19)23/h4-11,17H,12-13H2,1-3H3,(H,34,35)(H,38,39). The molecular formula is C33H24O7. The van der Waals surface area contributed by atoms with Crippen LogP contribution < -0.4 is 0 Å². The minimum atomic E-state index is -1.36. The van der Waals surface area contributed by atoms with Gasteiger partial charge in [0.25, 0.3) is 0 Å². The van der Waals surface area contributed by atoms with E-state index in [-0.39, 0.29) is 6.42 Å². The number of carbonyl (C=O) groups is 4. The minimum absolute atomic E-state index is 0.0230. The Kier molecular flexibility index (Phi) is 3.96. The molecule has 8 rings (SSSR count). The molecule has 0 amide bonds. The van der Waals surface area contributed by atoms with Crippen LogP contribution in [0.1, 0.15) is 93.6 Å². The third-order valence-corrected chi connectivity index (χ3v) is 10.4. The first-order valence-corrected chi connectivity index (χ1v) is 13.4. The first kappa shape index (κ1) is 23.4. The van der Waals surface area contributed by atoms with E-state index in [1.54, 1.807) is 19.1 Å². The lowest BCUT2D eigenvalue weighted by Crippen LogP contribution is -2.45. The fraction of sp³-hybridized carbons (Fsp3) is 0.273. The number of esters is 2. The van der Waals surface area contributed by atoms with Crippen LogP contribution in [0.25, 0.3) is 21.5 Å². The van der Waals surface area contributed by atoms with Crippen LogP contribution >= 0.6 is 0 Å². The maximum atomic E-state index is 12.7. The Morgan fingerprint density at radius 2 is 1.18 bits per heavy atom. The second-order valence-corrected chi connectivity index (χ2v) is 12.4. The zero-order valence-corrected chi connectivity index (χ0v) is 22.0. The van der Waals surface area contributed by atoms with E-state index in [9.17, 15) is 29.4 Å². The number of carbonyl (C=O) groups excluding carboxylic acids is 2. The van der Waals surface area contributed by atoms with Crippen molar-refractivity contribution in [1.82, 2.24) is 0 Å². The Bertz CT molecular complexity index is 1910. The van der Waals surface area contributed by atoms with Crippen LogP contribution in [-0.2, 0) is 30.6 Å². The number of hydrogen-bond acceptors (Lipinski definition) is 5. The summed E-state index contributed by atoms with van der Waals surface area (Å²) in [5.74, 6) is -4.33. The molecule has 0 radical (unpaired) electrons. The summed E-state index contributed by atoms with van der Waals surface area (Å²) in [6.07, 6.45) is 0.698. The summed E-state index contributed by atoms with van der Waals surface area (Å²) >= 11 is 0. The first-order chi connectivity index (χ1) is 18.9. The van der Waals surface area contributed by atoms with Gasteiger partial charge in [0, 0.05) is 16.2 Å². The highest BCUT2D eigenvalue weighted by atomic mass is 16.6. The number of carboxylic acids is 2. The smallest absolute Gasteiger partial charge is 0.346 e. The third kappa shape index (κ3) is 2.35. The fourth-order valence-electron chi connectivity index (χ4n) is 8.57. The molecule has 2 bridgehead atoms. The summed E-state index contributed by atoms with van der Waals surface area (Å²) in [7, 11) is 0.